The lowest BCUT2D eigenvalue weighted by Crippen LogP contribution is -2.42. The highest BCUT2D eigenvalue weighted by Crippen LogP contribution is 2.47. The van der Waals surface area contributed by atoms with Crippen LogP contribution in [0, 0.1) is 0 Å². The third kappa shape index (κ3) is 4.43. The first-order valence-corrected chi connectivity index (χ1v) is 13.6. The molecule has 0 saturated heterocycles. The summed E-state index contributed by atoms with van der Waals surface area (Å²) in [6.45, 7) is 6.11. The summed E-state index contributed by atoms with van der Waals surface area (Å²) in [4.78, 5) is 29.9. The minimum atomic E-state index is -1.05. The average Bonchev–Trinajstić information content (AvgIpc) is 3.36. The average molecular weight is 534 g/mol. The molecule has 6 nitrogen and oxygen atoms in total. The fraction of sp³-hybridized carbons (Fsp3) is 0.265. The van der Waals surface area contributed by atoms with Crippen molar-refractivity contribution in [2.24, 2.45) is 0 Å². The number of carbonyl (C=O) groups excluding carboxylic acids is 2. The van der Waals surface area contributed by atoms with E-state index in [9.17, 15) is 9.59 Å². The van der Waals surface area contributed by atoms with Gasteiger partial charge in [-0.15, -0.1) is 0 Å². The number of hydrogen-bond acceptors (Lipinski definition) is 5. The van der Waals surface area contributed by atoms with Crippen LogP contribution in [0.2, 0.25) is 0 Å². The molecule has 4 aromatic rings. The molecule has 0 bridgehead atoms. The number of fused-ring (bicyclic) bond motifs is 1. The number of allylic oxidation sites excluding steroid dienone is 1. The van der Waals surface area contributed by atoms with E-state index in [-0.39, 0.29) is 18.1 Å². The monoisotopic (exact) mass is 533 g/mol. The second-order valence-corrected chi connectivity index (χ2v) is 11.0. The van der Waals surface area contributed by atoms with E-state index in [1.807, 2.05) is 116 Å². The fourth-order valence-electron chi connectivity index (χ4n) is 5.97. The molecule has 0 spiro atoms. The number of nitrogens with zero attached hydrogens (tertiary/aromatic N) is 3. The second kappa shape index (κ2) is 10.6. The smallest absolute Gasteiger partial charge is 0.359 e. The molecule has 1 aliphatic rings. The van der Waals surface area contributed by atoms with E-state index in [0.717, 1.165) is 16.7 Å². The number of ether oxygens (including phenoxy) is 1. The third-order valence-corrected chi connectivity index (χ3v) is 7.48. The van der Waals surface area contributed by atoms with Crippen molar-refractivity contribution in [1.82, 2.24) is 14.7 Å². The van der Waals surface area contributed by atoms with Gasteiger partial charge in [0.15, 0.2) is 5.69 Å². The lowest BCUT2D eigenvalue weighted by molar-refractivity contribution is 0.0515. The summed E-state index contributed by atoms with van der Waals surface area (Å²) >= 11 is 0. The Morgan fingerprint density at radius 2 is 1.40 bits per heavy atom. The van der Waals surface area contributed by atoms with Crippen LogP contribution < -0.4 is 0 Å². The van der Waals surface area contributed by atoms with Crippen molar-refractivity contribution in [3.05, 3.63) is 136 Å². The van der Waals surface area contributed by atoms with Gasteiger partial charge in [-0.3, -0.25) is 4.79 Å². The van der Waals surface area contributed by atoms with Crippen molar-refractivity contribution < 1.29 is 14.3 Å². The number of hydrogen-bond donors (Lipinski definition) is 0. The first-order chi connectivity index (χ1) is 19.2. The van der Waals surface area contributed by atoms with Gasteiger partial charge in [0.05, 0.1) is 6.61 Å². The molecule has 40 heavy (non-hydrogen) atoms. The van der Waals surface area contributed by atoms with E-state index >= 15 is 0 Å². The van der Waals surface area contributed by atoms with Crippen molar-refractivity contribution in [1.29, 1.82) is 0 Å². The Kier molecular flexibility index (Phi) is 7.19. The van der Waals surface area contributed by atoms with Gasteiger partial charge in [0.2, 0.25) is 5.78 Å². The molecule has 0 amide bonds. The molecule has 0 atom stereocenters. The Hall–Kier alpha value is -4.45. The van der Waals surface area contributed by atoms with Crippen LogP contribution in [0.15, 0.2) is 103 Å². The molecular formula is C34H35N3O3. The van der Waals surface area contributed by atoms with Gasteiger partial charge in [0.25, 0.3) is 0 Å². The number of carbonyl (C=O) groups is 2. The lowest BCUT2D eigenvalue weighted by Gasteiger charge is -2.39. The zero-order valence-electron chi connectivity index (χ0n) is 23.7. The van der Waals surface area contributed by atoms with Gasteiger partial charge in [-0.05, 0) is 35.4 Å². The maximum Gasteiger partial charge on any atom is 0.359 e. The van der Waals surface area contributed by atoms with E-state index in [4.69, 9.17) is 9.84 Å². The molecule has 5 rings (SSSR count). The molecule has 0 unspecified atom stereocenters. The molecule has 1 aromatic heterocycles. The minimum absolute atomic E-state index is 0.141. The Morgan fingerprint density at radius 1 is 0.925 bits per heavy atom. The van der Waals surface area contributed by atoms with E-state index in [1.165, 1.54) is 0 Å². The van der Waals surface area contributed by atoms with Crippen molar-refractivity contribution >= 4 is 11.8 Å². The van der Waals surface area contributed by atoms with E-state index in [1.54, 1.807) is 11.6 Å². The molecule has 1 aliphatic carbocycles. The van der Waals surface area contributed by atoms with Crippen LogP contribution in [0.4, 0.5) is 0 Å². The molecule has 204 valence electrons. The van der Waals surface area contributed by atoms with Gasteiger partial charge in [0, 0.05) is 31.4 Å². The summed E-state index contributed by atoms with van der Waals surface area (Å²) in [5.74, 6) is -0.667. The topological polar surface area (TPSA) is 64.4 Å². The maximum atomic E-state index is 14.5. The summed E-state index contributed by atoms with van der Waals surface area (Å²) in [5, 5.41) is 5.05. The normalized spacial score (nSPS) is 15.5. The lowest BCUT2D eigenvalue weighted by atomic mass is 9.70. The number of ketones is 1. The van der Waals surface area contributed by atoms with Crippen LogP contribution in [-0.4, -0.2) is 47.1 Å². The zero-order chi connectivity index (χ0) is 28.5. The SMILES string of the molecule is CCOC(=O)c1nn(C(c2ccccc2)(c2ccccc2)c2ccccc2)c2c1C(C)(C)C/C(=C/N(C)C)C2=O. The molecule has 0 aliphatic heterocycles. The molecule has 0 fully saturated rings. The minimum Gasteiger partial charge on any atom is -0.461 e. The molecule has 0 N–H and O–H groups in total. The summed E-state index contributed by atoms with van der Waals surface area (Å²) in [7, 11) is 3.82. The Labute approximate surface area is 235 Å². The van der Waals surface area contributed by atoms with Gasteiger partial charge >= 0.3 is 5.97 Å². The number of aromatic nitrogens is 2. The highest BCUT2D eigenvalue weighted by Gasteiger charge is 2.49. The highest BCUT2D eigenvalue weighted by atomic mass is 16.5. The van der Waals surface area contributed by atoms with Crippen LogP contribution in [0.5, 0.6) is 0 Å². The molecule has 0 saturated carbocycles. The first kappa shape index (κ1) is 27.1. The largest absolute Gasteiger partial charge is 0.461 e. The summed E-state index contributed by atoms with van der Waals surface area (Å²) < 4.78 is 7.30. The summed E-state index contributed by atoms with van der Waals surface area (Å²) in [5.41, 5.74) is 3.04. The van der Waals surface area contributed by atoms with E-state index in [2.05, 4.69) is 13.8 Å². The number of benzene rings is 3. The highest BCUT2D eigenvalue weighted by molar-refractivity contribution is 6.12. The van der Waals surface area contributed by atoms with Crippen molar-refractivity contribution in [2.45, 2.75) is 38.1 Å². The Morgan fingerprint density at radius 3 is 1.82 bits per heavy atom. The van der Waals surface area contributed by atoms with Crippen LogP contribution in [0.1, 0.15) is 70.4 Å². The van der Waals surface area contributed by atoms with Crippen LogP contribution in [0.25, 0.3) is 0 Å². The Bertz CT molecular complexity index is 1460. The molecule has 3 aromatic carbocycles. The van der Waals surface area contributed by atoms with Crippen LogP contribution in [-0.2, 0) is 15.7 Å². The molecule has 1 heterocycles. The fourth-order valence-corrected chi connectivity index (χ4v) is 5.97. The van der Waals surface area contributed by atoms with E-state index in [0.29, 0.717) is 23.3 Å². The van der Waals surface area contributed by atoms with Gasteiger partial charge in [-0.1, -0.05) is 105 Å². The molecule has 0 radical (unpaired) electrons. The number of Topliss-reactive ketones (excluding diaryl/α,β-unsaturated/α-hetero) is 1. The standard InChI is InChI=1S/C34H35N3O3/c1-6-40-32(39)29-28-30(31(38)24(23-36(4)5)22-33(28,2)3)37(35-29)34(25-16-10-7-11-17-25,26-18-12-8-13-19-26)27-20-14-9-15-21-27/h7-21,23H,6,22H2,1-5H3/b24-23-. The first-order valence-electron chi connectivity index (χ1n) is 13.6. The molecular weight excluding hydrogens is 498 g/mol. The summed E-state index contributed by atoms with van der Waals surface area (Å²) in [6.07, 6.45) is 2.35. The van der Waals surface area contributed by atoms with Gasteiger partial charge in [-0.25, -0.2) is 9.48 Å². The van der Waals surface area contributed by atoms with Gasteiger partial charge in [-0.2, -0.15) is 5.10 Å². The van der Waals surface area contributed by atoms with Crippen molar-refractivity contribution in [2.75, 3.05) is 20.7 Å². The Balaban J connectivity index is 1.99. The van der Waals surface area contributed by atoms with Gasteiger partial charge in [0.1, 0.15) is 11.2 Å². The quantitative estimate of drug-likeness (QED) is 0.161. The number of esters is 1. The second-order valence-electron chi connectivity index (χ2n) is 11.0. The number of rotatable bonds is 7. The van der Waals surface area contributed by atoms with Gasteiger partial charge < -0.3 is 9.64 Å². The van der Waals surface area contributed by atoms with Crippen LogP contribution in [0.3, 0.4) is 0 Å². The zero-order valence-corrected chi connectivity index (χ0v) is 23.7. The van der Waals surface area contributed by atoms with Crippen LogP contribution >= 0.6 is 0 Å². The predicted molar refractivity (Wildman–Crippen MR) is 157 cm³/mol. The van der Waals surface area contributed by atoms with E-state index < -0.39 is 16.9 Å². The summed E-state index contributed by atoms with van der Waals surface area (Å²) in [6, 6.07) is 30.1. The van der Waals surface area contributed by atoms with Crippen molar-refractivity contribution in [3.8, 4) is 0 Å². The maximum absolute atomic E-state index is 14.5. The molecule has 6 heteroatoms. The van der Waals surface area contributed by atoms with Crippen molar-refractivity contribution in [3.63, 3.8) is 0 Å². The predicted octanol–water partition coefficient (Wildman–Crippen LogP) is 6.21. The third-order valence-electron chi connectivity index (χ3n) is 7.48.